The highest BCUT2D eigenvalue weighted by Gasteiger charge is 2.18. The van der Waals surface area contributed by atoms with E-state index in [0.717, 1.165) is 68.9 Å². The van der Waals surface area contributed by atoms with Crippen molar-refractivity contribution in [3.05, 3.63) is 66.4 Å². The van der Waals surface area contributed by atoms with E-state index in [1.54, 1.807) is 12.3 Å². The SMILES string of the molecule is O=CC1C=COc2ccc(OCCCCN3CCN(c4ccccc4)CC3)cc21. The molecular formula is C24H28N2O3. The molecule has 2 aromatic rings. The van der Waals surface area contributed by atoms with E-state index >= 15 is 0 Å². The Hall–Kier alpha value is -2.79. The molecule has 2 heterocycles. The standard InChI is InChI=1S/C24H28N2O3/c27-19-20-10-17-29-24-9-8-22(18-23(20)24)28-16-5-4-11-25-12-14-26(15-13-25)21-6-2-1-3-7-21/h1-3,6-10,17-20H,4-5,11-16H2. The molecule has 0 aliphatic carbocycles. The summed E-state index contributed by atoms with van der Waals surface area (Å²) in [5.41, 5.74) is 2.19. The van der Waals surface area contributed by atoms with Crippen LogP contribution in [0.4, 0.5) is 5.69 Å². The lowest BCUT2D eigenvalue weighted by atomic mass is 9.98. The number of aldehydes is 1. The number of fused-ring (bicyclic) bond motifs is 1. The third kappa shape index (κ3) is 4.98. The van der Waals surface area contributed by atoms with E-state index in [9.17, 15) is 4.79 Å². The van der Waals surface area contributed by atoms with E-state index < -0.39 is 0 Å². The van der Waals surface area contributed by atoms with Gasteiger partial charge in [0.2, 0.25) is 0 Å². The van der Waals surface area contributed by atoms with E-state index in [1.807, 2.05) is 18.2 Å². The van der Waals surface area contributed by atoms with Crippen molar-refractivity contribution in [3.8, 4) is 11.5 Å². The van der Waals surface area contributed by atoms with Crippen LogP contribution in [0.15, 0.2) is 60.9 Å². The van der Waals surface area contributed by atoms with Crippen LogP contribution in [0.5, 0.6) is 11.5 Å². The van der Waals surface area contributed by atoms with Gasteiger partial charge in [-0.3, -0.25) is 4.90 Å². The zero-order valence-corrected chi connectivity index (χ0v) is 16.7. The largest absolute Gasteiger partial charge is 0.494 e. The van der Waals surface area contributed by atoms with E-state index in [0.29, 0.717) is 6.61 Å². The lowest BCUT2D eigenvalue weighted by Gasteiger charge is -2.36. The van der Waals surface area contributed by atoms with Gasteiger partial charge in [-0.2, -0.15) is 0 Å². The van der Waals surface area contributed by atoms with Crippen molar-refractivity contribution in [3.63, 3.8) is 0 Å². The van der Waals surface area contributed by atoms with Gasteiger partial charge in [0.25, 0.3) is 0 Å². The van der Waals surface area contributed by atoms with Crippen molar-refractivity contribution in [2.45, 2.75) is 18.8 Å². The number of unbranched alkanes of at least 4 members (excludes halogenated alkanes) is 1. The lowest BCUT2D eigenvalue weighted by molar-refractivity contribution is -0.108. The molecule has 1 fully saturated rings. The number of hydrogen-bond donors (Lipinski definition) is 0. The Morgan fingerprint density at radius 3 is 2.66 bits per heavy atom. The van der Waals surface area contributed by atoms with E-state index in [2.05, 4.69) is 40.1 Å². The third-order valence-corrected chi connectivity index (χ3v) is 5.60. The Balaban J connectivity index is 1.16. The zero-order valence-electron chi connectivity index (χ0n) is 16.7. The second-order valence-electron chi connectivity index (χ2n) is 7.53. The smallest absolute Gasteiger partial charge is 0.131 e. The molecule has 2 aliphatic rings. The molecule has 1 atom stereocenters. The minimum Gasteiger partial charge on any atom is -0.494 e. The first-order valence-corrected chi connectivity index (χ1v) is 10.4. The molecule has 1 unspecified atom stereocenters. The summed E-state index contributed by atoms with van der Waals surface area (Å²) in [5, 5.41) is 0. The van der Waals surface area contributed by atoms with Crippen molar-refractivity contribution in [1.29, 1.82) is 0 Å². The number of hydrogen-bond acceptors (Lipinski definition) is 5. The Bertz CT molecular complexity index is 829. The summed E-state index contributed by atoms with van der Waals surface area (Å²) in [6.07, 6.45) is 6.40. The highest BCUT2D eigenvalue weighted by atomic mass is 16.5. The van der Waals surface area contributed by atoms with Gasteiger partial charge in [-0.05, 0) is 55.8 Å². The van der Waals surface area contributed by atoms with Gasteiger partial charge < -0.3 is 19.2 Å². The first kappa shape index (κ1) is 19.5. The van der Waals surface area contributed by atoms with Crippen molar-refractivity contribution >= 4 is 12.0 Å². The van der Waals surface area contributed by atoms with Gasteiger partial charge in [0, 0.05) is 37.4 Å². The second-order valence-corrected chi connectivity index (χ2v) is 7.53. The maximum absolute atomic E-state index is 11.2. The topological polar surface area (TPSA) is 42.0 Å². The monoisotopic (exact) mass is 392 g/mol. The summed E-state index contributed by atoms with van der Waals surface area (Å²) >= 11 is 0. The quantitative estimate of drug-likeness (QED) is 0.504. The predicted octanol–water partition coefficient (Wildman–Crippen LogP) is 3.86. The van der Waals surface area contributed by atoms with Gasteiger partial charge in [-0.25, -0.2) is 0 Å². The molecule has 0 spiro atoms. The zero-order chi connectivity index (χ0) is 19.9. The van der Waals surface area contributed by atoms with Crippen molar-refractivity contribution in [2.24, 2.45) is 0 Å². The summed E-state index contributed by atoms with van der Waals surface area (Å²) in [6.45, 7) is 6.20. The van der Waals surface area contributed by atoms with Crippen LogP contribution in [0.2, 0.25) is 0 Å². The molecule has 0 radical (unpaired) electrons. The molecular weight excluding hydrogens is 364 g/mol. The van der Waals surface area contributed by atoms with Crippen LogP contribution in [0, 0.1) is 0 Å². The molecule has 152 valence electrons. The van der Waals surface area contributed by atoms with Crippen LogP contribution in [0.25, 0.3) is 0 Å². The number of para-hydroxylation sites is 1. The number of nitrogens with zero attached hydrogens (tertiary/aromatic N) is 2. The van der Waals surface area contributed by atoms with Crippen LogP contribution in [0.3, 0.4) is 0 Å². The number of carbonyl (C=O) groups is 1. The van der Waals surface area contributed by atoms with E-state index in [-0.39, 0.29) is 5.92 Å². The normalized spacial score (nSPS) is 18.8. The summed E-state index contributed by atoms with van der Waals surface area (Å²) in [7, 11) is 0. The molecule has 0 saturated carbocycles. The highest BCUT2D eigenvalue weighted by molar-refractivity contribution is 5.69. The van der Waals surface area contributed by atoms with Gasteiger partial charge in [-0.1, -0.05) is 18.2 Å². The molecule has 2 aromatic carbocycles. The molecule has 0 amide bonds. The average molecular weight is 392 g/mol. The number of rotatable bonds is 8. The van der Waals surface area contributed by atoms with Gasteiger partial charge in [0.05, 0.1) is 18.8 Å². The lowest BCUT2D eigenvalue weighted by Crippen LogP contribution is -2.46. The number of allylic oxidation sites excluding steroid dienone is 1. The fraction of sp³-hybridized carbons (Fsp3) is 0.375. The maximum atomic E-state index is 11.2. The Kier molecular flexibility index (Phi) is 6.47. The van der Waals surface area contributed by atoms with Gasteiger partial charge in [-0.15, -0.1) is 0 Å². The predicted molar refractivity (Wildman–Crippen MR) is 115 cm³/mol. The number of anilines is 1. The number of piperazine rings is 1. The van der Waals surface area contributed by atoms with Crippen LogP contribution >= 0.6 is 0 Å². The number of carbonyl (C=O) groups excluding carboxylic acids is 1. The Labute approximate surface area is 172 Å². The molecule has 0 N–H and O–H groups in total. The first-order chi connectivity index (χ1) is 14.3. The molecule has 5 heteroatoms. The molecule has 0 aromatic heterocycles. The second kappa shape index (κ2) is 9.61. The van der Waals surface area contributed by atoms with Crippen molar-refractivity contribution in [2.75, 3.05) is 44.2 Å². The van der Waals surface area contributed by atoms with Gasteiger partial charge in [0.1, 0.15) is 17.8 Å². The fourth-order valence-corrected chi connectivity index (χ4v) is 3.90. The third-order valence-electron chi connectivity index (χ3n) is 5.60. The van der Waals surface area contributed by atoms with Crippen molar-refractivity contribution < 1.29 is 14.3 Å². The fourth-order valence-electron chi connectivity index (χ4n) is 3.90. The summed E-state index contributed by atoms with van der Waals surface area (Å²) in [4.78, 5) is 16.2. The van der Waals surface area contributed by atoms with Gasteiger partial charge >= 0.3 is 0 Å². The highest BCUT2D eigenvalue weighted by Crippen LogP contribution is 2.33. The molecule has 1 saturated heterocycles. The summed E-state index contributed by atoms with van der Waals surface area (Å²) in [6, 6.07) is 16.3. The van der Waals surface area contributed by atoms with Crippen molar-refractivity contribution in [1.82, 2.24) is 4.90 Å². The number of ether oxygens (including phenoxy) is 2. The molecule has 29 heavy (non-hydrogen) atoms. The van der Waals surface area contributed by atoms with Gasteiger partial charge in [0.15, 0.2) is 0 Å². The van der Waals surface area contributed by atoms with E-state index in [1.165, 1.54) is 5.69 Å². The first-order valence-electron chi connectivity index (χ1n) is 10.4. The summed E-state index contributed by atoms with van der Waals surface area (Å²) < 4.78 is 11.4. The Morgan fingerprint density at radius 2 is 1.86 bits per heavy atom. The van der Waals surface area contributed by atoms with Crippen LogP contribution < -0.4 is 14.4 Å². The number of benzene rings is 2. The average Bonchev–Trinajstić information content (AvgIpc) is 2.79. The van der Waals surface area contributed by atoms with E-state index in [4.69, 9.17) is 9.47 Å². The minimum atomic E-state index is -0.253. The molecule has 5 nitrogen and oxygen atoms in total. The summed E-state index contributed by atoms with van der Waals surface area (Å²) in [5.74, 6) is 1.27. The van der Waals surface area contributed by atoms with Crippen LogP contribution in [-0.4, -0.2) is 50.5 Å². The molecule has 4 rings (SSSR count). The minimum absolute atomic E-state index is 0.253. The Morgan fingerprint density at radius 1 is 1.03 bits per heavy atom. The van der Waals surface area contributed by atoms with Crippen LogP contribution in [-0.2, 0) is 4.79 Å². The van der Waals surface area contributed by atoms with Crippen LogP contribution in [0.1, 0.15) is 24.3 Å². The molecule has 0 bridgehead atoms. The molecule has 2 aliphatic heterocycles. The maximum Gasteiger partial charge on any atom is 0.131 e.